The first-order valence-electron chi connectivity index (χ1n) is 5.71. The van der Waals surface area contributed by atoms with E-state index in [9.17, 15) is 0 Å². The second kappa shape index (κ2) is 5.52. The van der Waals surface area contributed by atoms with E-state index >= 15 is 0 Å². The molecule has 0 radical (unpaired) electrons. The third-order valence-corrected chi connectivity index (χ3v) is 2.68. The van der Waals surface area contributed by atoms with Gasteiger partial charge in [-0.25, -0.2) is 0 Å². The Hall–Kier alpha value is -0.340. The maximum absolute atomic E-state index is 6.09. The zero-order valence-electron chi connectivity index (χ0n) is 9.79. The van der Waals surface area contributed by atoms with E-state index in [0.29, 0.717) is 12.0 Å². The highest BCUT2D eigenvalue weighted by Gasteiger charge is 2.14. The molecule has 0 saturated heterocycles. The molecule has 2 heteroatoms. The van der Waals surface area contributed by atoms with E-state index in [1.807, 2.05) is 0 Å². The molecule has 0 fully saturated rings. The Kier molecular flexibility index (Phi) is 4.63. The lowest BCUT2D eigenvalue weighted by Crippen LogP contribution is -2.40. The van der Waals surface area contributed by atoms with Crippen molar-refractivity contribution in [3.8, 4) is 0 Å². The smallest absolute Gasteiger partial charge is 0.0190 e. The molecule has 1 aliphatic heterocycles. The van der Waals surface area contributed by atoms with Crippen LogP contribution in [0.3, 0.4) is 0 Å². The molecule has 1 rings (SSSR count). The fraction of sp³-hybridized carbons (Fsp3) is 0.833. The Bertz CT molecular complexity index is 196. The van der Waals surface area contributed by atoms with Crippen LogP contribution in [0, 0.1) is 5.92 Å². The van der Waals surface area contributed by atoms with Crippen molar-refractivity contribution in [2.24, 2.45) is 11.7 Å². The SMILES string of the molecule is CC1=CCCN(CC(N)CC(C)C)C1. The summed E-state index contributed by atoms with van der Waals surface area (Å²) in [5.41, 5.74) is 7.58. The largest absolute Gasteiger partial charge is 0.327 e. The van der Waals surface area contributed by atoms with Gasteiger partial charge >= 0.3 is 0 Å². The molecule has 82 valence electrons. The number of nitrogens with two attached hydrogens (primary N) is 1. The van der Waals surface area contributed by atoms with Crippen LogP contribution in [0.4, 0.5) is 0 Å². The highest BCUT2D eigenvalue weighted by atomic mass is 15.1. The quantitative estimate of drug-likeness (QED) is 0.697. The number of hydrogen-bond acceptors (Lipinski definition) is 2. The van der Waals surface area contributed by atoms with Crippen molar-refractivity contribution in [2.75, 3.05) is 19.6 Å². The van der Waals surface area contributed by atoms with Gasteiger partial charge in [-0.3, -0.25) is 4.90 Å². The zero-order chi connectivity index (χ0) is 10.6. The van der Waals surface area contributed by atoms with Gasteiger partial charge in [0.25, 0.3) is 0 Å². The van der Waals surface area contributed by atoms with Gasteiger partial charge in [0, 0.05) is 25.7 Å². The predicted octanol–water partition coefficient (Wildman–Crippen LogP) is 2.01. The molecule has 0 aliphatic carbocycles. The molecule has 0 amide bonds. The number of rotatable bonds is 4. The third kappa shape index (κ3) is 4.25. The fourth-order valence-electron chi connectivity index (χ4n) is 2.16. The van der Waals surface area contributed by atoms with Crippen LogP contribution in [-0.4, -0.2) is 30.6 Å². The van der Waals surface area contributed by atoms with Gasteiger partial charge in [-0.15, -0.1) is 0 Å². The Balaban J connectivity index is 2.27. The van der Waals surface area contributed by atoms with Gasteiger partial charge in [-0.2, -0.15) is 0 Å². The molecule has 1 heterocycles. The lowest BCUT2D eigenvalue weighted by Gasteiger charge is -2.29. The molecule has 1 unspecified atom stereocenters. The van der Waals surface area contributed by atoms with Crippen molar-refractivity contribution in [1.29, 1.82) is 0 Å². The van der Waals surface area contributed by atoms with Crippen LogP contribution in [0.15, 0.2) is 11.6 Å². The van der Waals surface area contributed by atoms with Crippen LogP contribution in [-0.2, 0) is 0 Å². The second-order valence-corrected chi connectivity index (χ2v) is 4.96. The summed E-state index contributed by atoms with van der Waals surface area (Å²) in [6.45, 7) is 10.0. The van der Waals surface area contributed by atoms with E-state index in [4.69, 9.17) is 5.73 Å². The maximum Gasteiger partial charge on any atom is 0.0190 e. The van der Waals surface area contributed by atoms with E-state index in [1.54, 1.807) is 0 Å². The molecule has 0 saturated carbocycles. The third-order valence-electron chi connectivity index (χ3n) is 2.68. The standard InChI is InChI=1S/C12H24N2/c1-10(2)7-12(13)9-14-6-4-5-11(3)8-14/h5,10,12H,4,6-9,13H2,1-3H3. The molecule has 2 N–H and O–H groups in total. The van der Waals surface area contributed by atoms with Crippen molar-refractivity contribution in [2.45, 2.75) is 39.7 Å². The summed E-state index contributed by atoms with van der Waals surface area (Å²) in [4.78, 5) is 2.47. The molecule has 0 spiro atoms. The van der Waals surface area contributed by atoms with Crippen LogP contribution in [0.2, 0.25) is 0 Å². The summed E-state index contributed by atoms with van der Waals surface area (Å²) in [6, 6.07) is 0.348. The van der Waals surface area contributed by atoms with Crippen molar-refractivity contribution >= 4 is 0 Å². The van der Waals surface area contributed by atoms with Crippen LogP contribution in [0.25, 0.3) is 0 Å². The minimum absolute atomic E-state index is 0.348. The van der Waals surface area contributed by atoms with Gasteiger partial charge in [0.15, 0.2) is 0 Å². The highest BCUT2D eigenvalue weighted by molar-refractivity contribution is 5.04. The Morgan fingerprint density at radius 1 is 1.50 bits per heavy atom. The molecule has 0 aromatic rings. The fourth-order valence-corrected chi connectivity index (χ4v) is 2.16. The first-order valence-corrected chi connectivity index (χ1v) is 5.71. The minimum atomic E-state index is 0.348. The molecular weight excluding hydrogens is 172 g/mol. The molecule has 14 heavy (non-hydrogen) atoms. The van der Waals surface area contributed by atoms with Crippen molar-refractivity contribution in [1.82, 2.24) is 4.90 Å². The first kappa shape index (κ1) is 11.7. The van der Waals surface area contributed by atoms with Crippen LogP contribution >= 0.6 is 0 Å². The van der Waals surface area contributed by atoms with Crippen molar-refractivity contribution in [3.63, 3.8) is 0 Å². The summed E-state index contributed by atoms with van der Waals surface area (Å²) < 4.78 is 0. The summed E-state index contributed by atoms with van der Waals surface area (Å²) in [5, 5.41) is 0. The molecule has 1 aliphatic rings. The Morgan fingerprint density at radius 2 is 2.21 bits per heavy atom. The van der Waals surface area contributed by atoms with Crippen molar-refractivity contribution in [3.05, 3.63) is 11.6 Å². The number of hydrogen-bond donors (Lipinski definition) is 1. The van der Waals surface area contributed by atoms with Gasteiger partial charge in [0.05, 0.1) is 0 Å². The molecule has 2 nitrogen and oxygen atoms in total. The normalized spacial score (nSPS) is 21.1. The summed E-state index contributed by atoms with van der Waals surface area (Å²) in [5.74, 6) is 0.714. The van der Waals surface area contributed by atoms with E-state index in [1.165, 1.54) is 18.5 Å². The lowest BCUT2D eigenvalue weighted by molar-refractivity contribution is 0.259. The zero-order valence-corrected chi connectivity index (χ0v) is 9.79. The van der Waals surface area contributed by atoms with Crippen LogP contribution < -0.4 is 5.73 Å². The monoisotopic (exact) mass is 196 g/mol. The van der Waals surface area contributed by atoms with E-state index < -0.39 is 0 Å². The lowest BCUT2D eigenvalue weighted by atomic mass is 10.0. The van der Waals surface area contributed by atoms with Crippen LogP contribution in [0.1, 0.15) is 33.6 Å². The average Bonchev–Trinajstić information content (AvgIpc) is 2.01. The topological polar surface area (TPSA) is 29.3 Å². The summed E-state index contributed by atoms with van der Waals surface area (Å²) in [6.07, 6.45) is 4.67. The van der Waals surface area contributed by atoms with Gasteiger partial charge < -0.3 is 5.73 Å². The minimum Gasteiger partial charge on any atom is -0.327 e. The first-order chi connectivity index (χ1) is 6.58. The van der Waals surface area contributed by atoms with Crippen molar-refractivity contribution < 1.29 is 0 Å². The Morgan fingerprint density at radius 3 is 2.79 bits per heavy atom. The van der Waals surface area contributed by atoms with E-state index in [2.05, 4.69) is 31.7 Å². The molecule has 1 atom stereocenters. The summed E-state index contributed by atoms with van der Waals surface area (Å²) in [7, 11) is 0. The van der Waals surface area contributed by atoms with Gasteiger partial charge in [0.2, 0.25) is 0 Å². The maximum atomic E-state index is 6.09. The van der Waals surface area contributed by atoms with Gasteiger partial charge in [-0.1, -0.05) is 25.5 Å². The van der Waals surface area contributed by atoms with E-state index in [-0.39, 0.29) is 0 Å². The molecular formula is C12H24N2. The highest BCUT2D eigenvalue weighted by Crippen LogP contribution is 2.11. The molecule has 0 aromatic carbocycles. The molecule has 0 bridgehead atoms. The number of nitrogens with zero attached hydrogens (tertiary/aromatic N) is 1. The van der Waals surface area contributed by atoms with Crippen LogP contribution in [0.5, 0.6) is 0 Å². The average molecular weight is 196 g/mol. The predicted molar refractivity (Wildman–Crippen MR) is 62.2 cm³/mol. The molecule has 0 aromatic heterocycles. The Labute approximate surface area is 88.2 Å². The van der Waals surface area contributed by atoms with E-state index in [0.717, 1.165) is 19.5 Å². The van der Waals surface area contributed by atoms with Gasteiger partial charge in [0.1, 0.15) is 0 Å². The second-order valence-electron chi connectivity index (χ2n) is 4.96. The van der Waals surface area contributed by atoms with Gasteiger partial charge in [-0.05, 0) is 25.7 Å². The summed E-state index contributed by atoms with van der Waals surface area (Å²) >= 11 is 0.